The number of ether oxygens (including phenoxy) is 1. The molecule has 2 aliphatic rings. The number of halogens is 3. The van der Waals surface area contributed by atoms with E-state index in [9.17, 15) is 13.2 Å². The molecule has 0 bridgehead atoms. The number of rotatable bonds is 6. The summed E-state index contributed by atoms with van der Waals surface area (Å²) in [5.74, 6) is 0.236. The molecule has 0 radical (unpaired) electrons. The topological polar surface area (TPSA) is 9.23 Å². The van der Waals surface area contributed by atoms with E-state index in [1.807, 2.05) is 25.1 Å². The average molecular weight is 453 g/mol. The third kappa shape index (κ3) is 5.33. The minimum absolute atomic E-state index is 0.0589. The summed E-state index contributed by atoms with van der Waals surface area (Å²) in [6.07, 6.45) is 7.01. The fraction of sp³-hybridized carbons (Fsp3) is 0.379. The Morgan fingerprint density at radius 3 is 2.39 bits per heavy atom. The summed E-state index contributed by atoms with van der Waals surface area (Å²) < 4.78 is 50.3. The molecule has 174 valence electrons. The minimum Gasteiger partial charge on any atom is -0.373 e. The molecule has 1 nitrogen and oxygen atoms in total. The van der Waals surface area contributed by atoms with E-state index in [0.29, 0.717) is 53.2 Å². The first-order chi connectivity index (χ1) is 16.0. The molecule has 1 heterocycles. The Labute approximate surface area is 194 Å². The van der Waals surface area contributed by atoms with Gasteiger partial charge in [-0.25, -0.2) is 13.2 Å². The van der Waals surface area contributed by atoms with Crippen molar-refractivity contribution >= 4 is 5.57 Å². The maximum absolute atomic E-state index is 14.9. The van der Waals surface area contributed by atoms with Crippen LogP contribution >= 0.6 is 0 Å². The second kappa shape index (κ2) is 10.6. The molecule has 4 rings (SSSR count). The summed E-state index contributed by atoms with van der Waals surface area (Å²) >= 11 is 0. The number of hydrogen-bond acceptors (Lipinski definition) is 1. The van der Waals surface area contributed by atoms with Crippen molar-refractivity contribution in [1.29, 1.82) is 0 Å². The molecule has 1 aliphatic heterocycles. The first-order valence-corrected chi connectivity index (χ1v) is 11.8. The Bertz CT molecular complexity index is 1040. The Balaban J connectivity index is 1.50. The third-order valence-electron chi connectivity index (χ3n) is 6.62. The van der Waals surface area contributed by atoms with Crippen LogP contribution in [0.15, 0.2) is 72.3 Å². The van der Waals surface area contributed by atoms with Crippen LogP contribution in [0.4, 0.5) is 13.2 Å². The van der Waals surface area contributed by atoms with Crippen LogP contribution in [0.1, 0.15) is 56.8 Å². The van der Waals surface area contributed by atoms with Crippen LogP contribution < -0.4 is 0 Å². The average Bonchev–Trinajstić information content (AvgIpc) is 2.83. The van der Waals surface area contributed by atoms with E-state index < -0.39 is 12.3 Å². The van der Waals surface area contributed by atoms with E-state index in [1.54, 1.807) is 48.6 Å². The number of alkyl halides is 2. The molecule has 0 N–H and O–H groups in total. The van der Waals surface area contributed by atoms with Gasteiger partial charge in [0.2, 0.25) is 0 Å². The zero-order valence-electron chi connectivity index (χ0n) is 19.2. The fourth-order valence-corrected chi connectivity index (χ4v) is 4.57. The van der Waals surface area contributed by atoms with Crippen molar-refractivity contribution in [3.05, 3.63) is 89.3 Å². The van der Waals surface area contributed by atoms with Crippen LogP contribution in [0, 0.1) is 11.7 Å². The van der Waals surface area contributed by atoms with Crippen LogP contribution in [0.3, 0.4) is 0 Å². The van der Waals surface area contributed by atoms with Crippen LogP contribution in [-0.4, -0.2) is 19.0 Å². The van der Waals surface area contributed by atoms with Crippen LogP contribution in [-0.2, 0) is 4.74 Å². The Morgan fingerprint density at radius 2 is 1.73 bits per heavy atom. The summed E-state index contributed by atoms with van der Waals surface area (Å²) in [4.78, 5) is 0. The van der Waals surface area contributed by atoms with Gasteiger partial charge in [-0.1, -0.05) is 67.6 Å². The molecule has 0 amide bonds. The van der Waals surface area contributed by atoms with Gasteiger partial charge < -0.3 is 4.74 Å². The van der Waals surface area contributed by atoms with Crippen LogP contribution in [0.5, 0.6) is 0 Å². The van der Waals surface area contributed by atoms with Crippen molar-refractivity contribution in [1.82, 2.24) is 0 Å². The lowest BCUT2D eigenvalue weighted by Crippen LogP contribution is -2.24. The van der Waals surface area contributed by atoms with Gasteiger partial charge in [0.1, 0.15) is 5.82 Å². The fourth-order valence-electron chi connectivity index (χ4n) is 4.57. The van der Waals surface area contributed by atoms with Crippen LogP contribution in [0.2, 0.25) is 0 Å². The highest BCUT2D eigenvalue weighted by molar-refractivity contribution is 5.75. The molecule has 1 aliphatic carbocycles. The molecule has 0 aromatic heterocycles. The maximum Gasteiger partial charge on any atom is 0.161 e. The third-order valence-corrected chi connectivity index (χ3v) is 6.62. The van der Waals surface area contributed by atoms with Crippen molar-refractivity contribution in [2.45, 2.75) is 58.0 Å². The lowest BCUT2D eigenvalue weighted by atomic mass is 9.87. The summed E-state index contributed by atoms with van der Waals surface area (Å²) in [6.45, 7) is 4.77. The predicted molar refractivity (Wildman–Crippen MR) is 129 cm³/mol. The van der Waals surface area contributed by atoms with Gasteiger partial charge in [-0.15, -0.1) is 0 Å². The first kappa shape index (κ1) is 23.6. The number of allylic oxidation sites excluding steroid dienone is 6. The smallest absolute Gasteiger partial charge is 0.161 e. The molecular weight excluding hydrogens is 421 g/mol. The van der Waals surface area contributed by atoms with Gasteiger partial charge in [0, 0.05) is 12.2 Å². The van der Waals surface area contributed by atoms with Gasteiger partial charge in [0.25, 0.3) is 0 Å². The molecule has 33 heavy (non-hydrogen) atoms. The summed E-state index contributed by atoms with van der Waals surface area (Å²) in [5.41, 5.74) is 3.46. The molecule has 2 aromatic carbocycles. The standard InChI is InChI=1S/C29H31F3O/c1-3-4-5-6-22-12-15-25(29(32)28(22)31)21-10-8-20(9-11-21)24-14-13-23(17-26(24)30)27-16-7-19(2)18-33-27/h3-4,8-15,17,19,27-29H,5-7,16,18H2,1-2H3/b4-3+. The summed E-state index contributed by atoms with van der Waals surface area (Å²) in [6, 6.07) is 12.2. The zero-order chi connectivity index (χ0) is 23.4. The normalized spacial score (nSPS) is 25.7. The van der Waals surface area contributed by atoms with E-state index in [2.05, 4.69) is 6.92 Å². The largest absolute Gasteiger partial charge is 0.373 e. The summed E-state index contributed by atoms with van der Waals surface area (Å²) in [7, 11) is 0. The molecule has 1 saturated heterocycles. The Morgan fingerprint density at radius 1 is 0.970 bits per heavy atom. The monoisotopic (exact) mass is 452 g/mol. The van der Waals surface area contributed by atoms with Crippen molar-refractivity contribution in [2.24, 2.45) is 5.92 Å². The SMILES string of the molecule is C/C=C/CCC1=CC=C(c2ccc(-c3ccc(C4CCC(C)CO4)cc3F)cc2)C(F)C1F. The van der Waals surface area contributed by atoms with E-state index in [0.717, 1.165) is 18.4 Å². The molecule has 2 aromatic rings. The van der Waals surface area contributed by atoms with Gasteiger partial charge in [-0.2, -0.15) is 0 Å². The first-order valence-electron chi connectivity index (χ1n) is 11.8. The van der Waals surface area contributed by atoms with Crippen molar-refractivity contribution in [3.8, 4) is 11.1 Å². The second-order valence-corrected chi connectivity index (χ2v) is 9.10. The van der Waals surface area contributed by atoms with Gasteiger partial charge in [-0.05, 0) is 72.4 Å². The molecule has 0 spiro atoms. The number of benzene rings is 2. The van der Waals surface area contributed by atoms with Gasteiger partial charge in [-0.3, -0.25) is 0 Å². The van der Waals surface area contributed by atoms with Crippen molar-refractivity contribution < 1.29 is 17.9 Å². The van der Waals surface area contributed by atoms with E-state index >= 15 is 0 Å². The Kier molecular flexibility index (Phi) is 7.54. The number of hydrogen-bond donors (Lipinski definition) is 0. The van der Waals surface area contributed by atoms with Crippen molar-refractivity contribution in [3.63, 3.8) is 0 Å². The molecule has 4 heteroatoms. The highest BCUT2D eigenvalue weighted by atomic mass is 19.2. The molecule has 4 unspecified atom stereocenters. The predicted octanol–water partition coefficient (Wildman–Crippen LogP) is 8.34. The minimum atomic E-state index is -1.70. The van der Waals surface area contributed by atoms with E-state index in [4.69, 9.17) is 4.74 Å². The van der Waals surface area contributed by atoms with Gasteiger partial charge >= 0.3 is 0 Å². The van der Waals surface area contributed by atoms with E-state index in [-0.39, 0.29) is 11.9 Å². The molecular formula is C29H31F3O. The quantitative estimate of drug-likeness (QED) is 0.400. The molecule has 1 fully saturated rings. The Hall–Kier alpha value is -2.59. The molecule has 0 saturated carbocycles. The van der Waals surface area contributed by atoms with Crippen LogP contribution in [0.25, 0.3) is 16.7 Å². The van der Waals surface area contributed by atoms with Gasteiger partial charge in [0.15, 0.2) is 12.3 Å². The molecule has 4 atom stereocenters. The maximum atomic E-state index is 14.9. The lowest BCUT2D eigenvalue weighted by Gasteiger charge is -2.27. The zero-order valence-corrected chi connectivity index (χ0v) is 19.2. The highest BCUT2D eigenvalue weighted by Crippen LogP contribution is 2.36. The van der Waals surface area contributed by atoms with Gasteiger partial charge in [0.05, 0.1) is 6.10 Å². The summed E-state index contributed by atoms with van der Waals surface area (Å²) in [5, 5.41) is 0. The van der Waals surface area contributed by atoms with Crippen molar-refractivity contribution in [2.75, 3.05) is 6.61 Å². The van der Waals surface area contributed by atoms with E-state index in [1.165, 1.54) is 0 Å². The highest BCUT2D eigenvalue weighted by Gasteiger charge is 2.31. The second-order valence-electron chi connectivity index (χ2n) is 9.10. The lowest BCUT2D eigenvalue weighted by molar-refractivity contribution is -0.0125.